The zero-order valence-electron chi connectivity index (χ0n) is 13.3. The number of nitrogens with one attached hydrogen (secondary N) is 2. The Hall–Kier alpha value is -1.74. The van der Waals surface area contributed by atoms with Crippen LogP contribution in [0.3, 0.4) is 0 Å². The van der Waals surface area contributed by atoms with Crippen molar-refractivity contribution in [1.29, 1.82) is 5.26 Å². The molecular weight excluding hydrogens is 358 g/mol. The average molecular weight is 376 g/mol. The normalized spacial score (nSPS) is 10.0. The molecule has 3 nitrogen and oxygen atoms in total. The van der Waals surface area contributed by atoms with Crippen molar-refractivity contribution < 1.29 is 0 Å². The molecule has 124 valence electrons. The minimum Gasteiger partial charge on any atom is -0.362 e. The summed E-state index contributed by atoms with van der Waals surface area (Å²) in [5, 5.41) is 16.7. The molecule has 0 spiro atoms. The number of rotatable bonds is 6. The van der Waals surface area contributed by atoms with E-state index in [1.54, 1.807) is 11.8 Å². The minimum atomic E-state index is 0.577. The third-order valence-electron chi connectivity index (χ3n) is 3.36. The molecule has 2 rings (SSSR count). The van der Waals surface area contributed by atoms with Gasteiger partial charge in [-0.3, -0.25) is 0 Å². The van der Waals surface area contributed by atoms with Gasteiger partial charge in [0.1, 0.15) is 0 Å². The molecule has 0 saturated carbocycles. The largest absolute Gasteiger partial charge is 0.362 e. The lowest BCUT2D eigenvalue weighted by molar-refractivity contribution is 0.989. The molecule has 0 aliphatic heterocycles. The molecule has 0 saturated heterocycles. The topological polar surface area (TPSA) is 47.8 Å². The van der Waals surface area contributed by atoms with Gasteiger partial charge in [-0.2, -0.15) is 17.0 Å². The summed E-state index contributed by atoms with van der Waals surface area (Å²) in [7, 11) is 0. The van der Waals surface area contributed by atoms with Gasteiger partial charge in [0.05, 0.1) is 11.6 Å². The number of nitriles is 1. The fourth-order valence-corrected chi connectivity index (χ4v) is 3.28. The van der Waals surface area contributed by atoms with Crippen molar-refractivity contribution in [3.8, 4) is 6.07 Å². The molecule has 2 aromatic rings. The Kier molecular flexibility index (Phi) is 7.38. The van der Waals surface area contributed by atoms with E-state index >= 15 is 0 Å². The second kappa shape index (κ2) is 9.53. The molecule has 0 unspecified atom stereocenters. The Labute approximate surface area is 157 Å². The molecule has 0 amide bonds. The lowest BCUT2D eigenvalue weighted by Gasteiger charge is -2.11. The number of benzene rings is 2. The van der Waals surface area contributed by atoms with Gasteiger partial charge in [0.15, 0.2) is 5.11 Å². The number of nitrogens with zero attached hydrogens (tertiary/aromatic N) is 1. The summed E-state index contributed by atoms with van der Waals surface area (Å²) >= 11 is 13.1. The molecule has 0 radical (unpaired) electrons. The molecule has 0 aromatic heterocycles. The highest BCUT2D eigenvalue weighted by atomic mass is 35.5. The average Bonchev–Trinajstić information content (AvgIpc) is 2.58. The van der Waals surface area contributed by atoms with E-state index in [2.05, 4.69) is 16.7 Å². The van der Waals surface area contributed by atoms with Crippen LogP contribution in [0.2, 0.25) is 5.02 Å². The van der Waals surface area contributed by atoms with Crippen LogP contribution in [0.4, 0.5) is 5.69 Å². The number of thioether (sulfide) groups is 1. The molecule has 2 aromatic carbocycles. The molecule has 6 heteroatoms. The van der Waals surface area contributed by atoms with E-state index in [9.17, 15) is 0 Å². The van der Waals surface area contributed by atoms with Crippen molar-refractivity contribution in [1.82, 2.24) is 5.32 Å². The van der Waals surface area contributed by atoms with Gasteiger partial charge in [-0.15, -0.1) is 0 Å². The molecule has 0 fully saturated rings. The standard InChI is InChI=1S/C18H18ClN3S2/c1-13-6-7-16(10-17(13)19)22-18(23)21-8-9-24-12-15-5-3-2-4-14(15)11-20/h2-7,10H,8-9,12H2,1H3,(H2,21,22,23). The summed E-state index contributed by atoms with van der Waals surface area (Å²) in [5.41, 5.74) is 3.72. The Morgan fingerprint density at radius 3 is 2.83 bits per heavy atom. The summed E-state index contributed by atoms with van der Waals surface area (Å²) in [6.45, 7) is 2.72. The van der Waals surface area contributed by atoms with Gasteiger partial charge in [0.2, 0.25) is 0 Å². The Morgan fingerprint density at radius 2 is 2.08 bits per heavy atom. The highest BCUT2D eigenvalue weighted by molar-refractivity contribution is 7.98. The third kappa shape index (κ3) is 5.72. The zero-order chi connectivity index (χ0) is 17.4. The predicted molar refractivity (Wildman–Crippen MR) is 108 cm³/mol. The number of thiocarbonyl (C=S) groups is 1. The molecular formula is C18H18ClN3S2. The summed E-state index contributed by atoms with van der Waals surface area (Å²) in [5.74, 6) is 1.72. The highest BCUT2D eigenvalue weighted by Gasteiger charge is 2.02. The van der Waals surface area contributed by atoms with Crippen LogP contribution in [-0.4, -0.2) is 17.4 Å². The molecule has 0 aliphatic carbocycles. The van der Waals surface area contributed by atoms with Crippen LogP contribution in [0.5, 0.6) is 0 Å². The monoisotopic (exact) mass is 375 g/mol. The van der Waals surface area contributed by atoms with Gasteiger partial charge >= 0.3 is 0 Å². The second-order valence-corrected chi connectivity index (χ2v) is 7.09. The molecule has 24 heavy (non-hydrogen) atoms. The van der Waals surface area contributed by atoms with Crippen molar-refractivity contribution in [2.75, 3.05) is 17.6 Å². The fraction of sp³-hybridized carbons (Fsp3) is 0.222. The molecule has 0 atom stereocenters. The maximum Gasteiger partial charge on any atom is 0.170 e. The first-order valence-corrected chi connectivity index (χ1v) is 9.41. The lowest BCUT2D eigenvalue weighted by Crippen LogP contribution is -2.30. The van der Waals surface area contributed by atoms with Crippen LogP contribution < -0.4 is 10.6 Å². The van der Waals surface area contributed by atoms with E-state index in [0.29, 0.717) is 5.11 Å². The van der Waals surface area contributed by atoms with Gasteiger partial charge in [0.25, 0.3) is 0 Å². The maximum atomic E-state index is 9.06. The quantitative estimate of drug-likeness (QED) is 0.564. The van der Waals surface area contributed by atoms with E-state index in [-0.39, 0.29) is 0 Å². The van der Waals surface area contributed by atoms with Crippen molar-refractivity contribution in [3.05, 3.63) is 64.2 Å². The minimum absolute atomic E-state index is 0.577. The van der Waals surface area contributed by atoms with Gasteiger partial charge in [-0.25, -0.2) is 0 Å². The van der Waals surface area contributed by atoms with Crippen LogP contribution in [0.15, 0.2) is 42.5 Å². The third-order valence-corrected chi connectivity index (χ3v) is 5.02. The van der Waals surface area contributed by atoms with E-state index < -0.39 is 0 Å². The number of hydrogen-bond donors (Lipinski definition) is 2. The van der Waals surface area contributed by atoms with Crippen LogP contribution >= 0.6 is 35.6 Å². The smallest absolute Gasteiger partial charge is 0.170 e. The van der Waals surface area contributed by atoms with Crippen LogP contribution in [0.1, 0.15) is 16.7 Å². The number of halogens is 1. The van der Waals surface area contributed by atoms with Crippen LogP contribution in [-0.2, 0) is 5.75 Å². The molecule has 2 N–H and O–H groups in total. The molecule has 0 heterocycles. The fourth-order valence-electron chi connectivity index (χ4n) is 2.02. The van der Waals surface area contributed by atoms with Crippen LogP contribution in [0.25, 0.3) is 0 Å². The summed E-state index contributed by atoms with van der Waals surface area (Å²) in [6.07, 6.45) is 0. The molecule has 0 bridgehead atoms. The van der Waals surface area contributed by atoms with E-state index in [0.717, 1.165) is 45.5 Å². The van der Waals surface area contributed by atoms with E-state index in [1.165, 1.54) is 0 Å². The number of anilines is 1. The summed E-state index contributed by atoms with van der Waals surface area (Å²) < 4.78 is 0. The Balaban J connectivity index is 1.69. The second-order valence-electron chi connectivity index (χ2n) is 5.17. The van der Waals surface area contributed by atoms with Crippen molar-refractivity contribution >= 4 is 46.4 Å². The summed E-state index contributed by atoms with van der Waals surface area (Å²) in [6, 6.07) is 15.7. The first-order valence-electron chi connectivity index (χ1n) is 7.47. The van der Waals surface area contributed by atoms with Crippen LogP contribution in [0, 0.1) is 18.3 Å². The first kappa shape index (κ1) is 18.6. The lowest BCUT2D eigenvalue weighted by atomic mass is 10.1. The van der Waals surface area contributed by atoms with Gasteiger partial charge in [0, 0.05) is 28.8 Å². The highest BCUT2D eigenvalue weighted by Crippen LogP contribution is 2.20. The maximum absolute atomic E-state index is 9.06. The van der Waals surface area contributed by atoms with Gasteiger partial charge in [-0.05, 0) is 48.5 Å². The first-order chi connectivity index (χ1) is 11.6. The number of aryl methyl sites for hydroxylation is 1. The Morgan fingerprint density at radius 1 is 1.29 bits per heavy atom. The SMILES string of the molecule is Cc1ccc(NC(=S)NCCSCc2ccccc2C#N)cc1Cl. The summed E-state index contributed by atoms with van der Waals surface area (Å²) in [4.78, 5) is 0. The van der Waals surface area contributed by atoms with Crippen molar-refractivity contribution in [2.24, 2.45) is 0 Å². The van der Waals surface area contributed by atoms with Crippen molar-refractivity contribution in [3.63, 3.8) is 0 Å². The van der Waals surface area contributed by atoms with E-state index in [4.69, 9.17) is 29.1 Å². The van der Waals surface area contributed by atoms with Gasteiger partial charge < -0.3 is 10.6 Å². The molecule has 0 aliphatic rings. The zero-order valence-corrected chi connectivity index (χ0v) is 15.7. The van der Waals surface area contributed by atoms with Crippen molar-refractivity contribution in [2.45, 2.75) is 12.7 Å². The van der Waals surface area contributed by atoms with E-state index in [1.807, 2.05) is 49.4 Å². The predicted octanol–water partition coefficient (Wildman–Crippen LogP) is 4.74. The number of hydrogen-bond acceptors (Lipinski definition) is 3. The Bertz CT molecular complexity index is 756. The van der Waals surface area contributed by atoms with Gasteiger partial charge in [-0.1, -0.05) is 35.9 Å².